The van der Waals surface area contributed by atoms with Gasteiger partial charge in [-0.25, -0.2) is 0 Å². The largest absolute Gasteiger partial charge is 0.508 e. The van der Waals surface area contributed by atoms with Crippen molar-refractivity contribution < 1.29 is 9.52 Å². The van der Waals surface area contributed by atoms with Gasteiger partial charge < -0.3 is 14.4 Å². The third kappa shape index (κ3) is 2.92. The molecule has 1 aromatic carbocycles. The van der Waals surface area contributed by atoms with E-state index in [-0.39, 0.29) is 5.75 Å². The molecule has 18 heavy (non-hydrogen) atoms. The van der Waals surface area contributed by atoms with E-state index < -0.39 is 0 Å². The first-order valence-electron chi connectivity index (χ1n) is 5.36. The maximum absolute atomic E-state index is 9.16. The van der Waals surface area contributed by atoms with Crippen LogP contribution in [0, 0.1) is 0 Å². The van der Waals surface area contributed by atoms with Crippen molar-refractivity contribution in [3.8, 4) is 5.75 Å². The molecule has 1 aromatic heterocycles. The van der Waals surface area contributed by atoms with E-state index in [1.165, 1.54) is 0 Å². The minimum absolute atomic E-state index is 0.226. The predicted molar refractivity (Wildman–Crippen MR) is 76.1 cm³/mol. The molecule has 0 aliphatic carbocycles. The Bertz CT molecular complexity index is 559. The van der Waals surface area contributed by atoms with Gasteiger partial charge in [0.15, 0.2) is 0 Å². The molecule has 94 valence electrons. The van der Waals surface area contributed by atoms with Crippen LogP contribution in [-0.2, 0) is 0 Å². The lowest BCUT2D eigenvalue weighted by molar-refractivity contribution is 0.475. The van der Waals surface area contributed by atoms with E-state index in [0.717, 1.165) is 16.0 Å². The Balaban J connectivity index is 2.18. The lowest BCUT2D eigenvalue weighted by atomic mass is 10.3. The number of aliphatic imine (C=N–C) groups is 1. The molecule has 0 spiro atoms. The van der Waals surface area contributed by atoms with Gasteiger partial charge in [-0.3, -0.25) is 4.99 Å². The number of nitrogens with zero attached hydrogens (tertiary/aromatic N) is 2. The van der Waals surface area contributed by atoms with Gasteiger partial charge in [0, 0.05) is 20.2 Å². The second-order valence-electron chi connectivity index (χ2n) is 3.97. The highest BCUT2D eigenvalue weighted by molar-refractivity contribution is 9.10. The van der Waals surface area contributed by atoms with Crippen LogP contribution in [0.25, 0.3) is 0 Å². The SMILES string of the molecule is CN(C)c1oc(C=Nc2ccc(O)cc2)cc1Br. The number of phenolic OH excluding ortho intramolecular Hbond substituents is 1. The summed E-state index contributed by atoms with van der Waals surface area (Å²) in [5, 5.41) is 9.16. The van der Waals surface area contributed by atoms with Crippen molar-refractivity contribution in [2.24, 2.45) is 4.99 Å². The molecule has 0 bridgehead atoms. The van der Waals surface area contributed by atoms with Crippen LogP contribution < -0.4 is 4.90 Å². The van der Waals surface area contributed by atoms with Crippen LogP contribution in [-0.4, -0.2) is 25.4 Å². The smallest absolute Gasteiger partial charge is 0.210 e. The van der Waals surface area contributed by atoms with E-state index in [0.29, 0.717) is 5.76 Å². The average molecular weight is 309 g/mol. The lowest BCUT2D eigenvalue weighted by Gasteiger charge is -2.07. The molecule has 0 unspecified atom stereocenters. The van der Waals surface area contributed by atoms with Gasteiger partial charge >= 0.3 is 0 Å². The minimum Gasteiger partial charge on any atom is -0.508 e. The van der Waals surface area contributed by atoms with Gasteiger partial charge in [0.25, 0.3) is 0 Å². The van der Waals surface area contributed by atoms with Gasteiger partial charge in [0.05, 0.1) is 16.4 Å². The molecule has 1 heterocycles. The van der Waals surface area contributed by atoms with E-state index in [1.54, 1.807) is 30.5 Å². The number of halogens is 1. The second kappa shape index (κ2) is 5.27. The summed E-state index contributed by atoms with van der Waals surface area (Å²) in [7, 11) is 3.81. The maximum atomic E-state index is 9.16. The van der Waals surface area contributed by atoms with E-state index in [1.807, 2.05) is 25.1 Å². The molecule has 4 nitrogen and oxygen atoms in total. The molecule has 0 saturated carbocycles. The van der Waals surface area contributed by atoms with Gasteiger partial charge in [-0.2, -0.15) is 0 Å². The molecule has 0 fully saturated rings. The van der Waals surface area contributed by atoms with E-state index in [9.17, 15) is 0 Å². The fourth-order valence-electron chi connectivity index (χ4n) is 1.42. The van der Waals surface area contributed by atoms with Crippen molar-refractivity contribution in [2.75, 3.05) is 19.0 Å². The third-order valence-corrected chi connectivity index (χ3v) is 2.85. The molecule has 0 atom stereocenters. The highest BCUT2D eigenvalue weighted by atomic mass is 79.9. The standard InChI is InChI=1S/C13H13BrN2O2/c1-16(2)13-12(14)7-11(18-13)8-15-9-3-5-10(17)6-4-9/h3-8,17H,1-2H3. The van der Waals surface area contributed by atoms with Crippen LogP contribution in [0.15, 0.2) is 44.2 Å². The Hall–Kier alpha value is -1.75. The van der Waals surface area contributed by atoms with Crippen molar-refractivity contribution in [3.05, 3.63) is 40.6 Å². The summed E-state index contributed by atoms with van der Waals surface area (Å²) in [5.74, 6) is 1.64. The zero-order valence-corrected chi connectivity index (χ0v) is 11.7. The number of aromatic hydroxyl groups is 1. The molecule has 0 aliphatic heterocycles. The number of phenols is 1. The Labute approximate surface area is 114 Å². The van der Waals surface area contributed by atoms with E-state index >= 15 is 0 Å². The summed E-state index contributed by atoms with van der Waals surface area (Å²) in [6, 6.07) is 8.51. The first-order valence-corrected chi connectivity index (χ1v) is 6.15. The van der Waals surface area contributed by atoms with E-state index in [2.05, 4.69) is 20.9 Å². The molecule has 0 amide bonds. The highest BCUT2D eigenvalue weighted by Crippen LogP contribution is 2.28. The van der Waals surface area contributed by atoms with Crippen LogP contribution in [0.4, 0.5) is 11.6 Å². The average Bonchev–Trinajstić information content (AvgIpc) is 2.70. The number of hydrogen-bond acceptors (Lipinski definition) is 4. The molecule has 2 aromatic rings. The first-order chi connectivity index (χ1) is 8.56. The van der Waals surface area contributed by atoms with Gasteiger partial charge in [0.1, 0.15) is 11.5 Å². The Morgan fingerprint density at radius 2 is 1.94 bits per heavy atom. The number of hydrogen-bond donors (Lipinski definition) is 1. The lowest BCUT2D eigenvalue weighted by Crippen LogP contribution is -2.07. The molecule has 1 N–H and O–H groups in total. The third-order valence-electron chi connectivity index (χ3n) is 2.28. The zero-order valence-electron chi connectivity index (χ0n) is 10.1. The van der Waals surface area contributed by atoms with Crippen molar-refractivity contribution in [3.63, 3.8) is 0 Å². The summed E-state index contributed by atoms with van der Waals surface area (Å²) >= 11 is 3.42. The molecule has 2 rings (SSSR count). The van der Waals surface area contributed by atoms with Crippen molar-refractivity contribution in [2.45, 2.75) is 0 Å². The topological polar surface area (TPSA) is 49.0 Å². The number of rotatable bonds is 3. The molecular weight excluding hydrogens is 296 g/mol. The fraction of sp³-hybridized carbons (Fsp3) is 0.154. The quantitative estimate of drug-likeness (QED) is 0.882. The number of furan rings is 1. The van der Waals surface area contributed by atoms with Crippen molar-refractivity contribution in [1.82, 2.24) is 0 Å². The highest BCUT2D eigenvalue weighted by Gasteiger charge is 2.08. The molecule has 0 saturated heterocycles. The Morgan fingerprint density at radius 3 is 2.50 bits per heavy atom. The Morgan fingerprint density at radius 1 is 1.28 bits per heavy atom. The molecule has 5 heteroatoms. The van der Waals surface area contributed by atoms with Gasteiger partial charge in [-0.1, -0.05) is 0 Å². The van der Waals surface area contributed by atoms with Crippen LogP contribution >= 0.6 is 15.9 Å². The van der Waals surface area contributed by atoms with Crippen LogP contribution in [0.2, 0.25) is 0 Å². The molecule has 0 radical (unpaired) electrons. The summed E-state index contributed by atoms with van der Waals surface area (Å²) in [5.41, 5.74) is 0.756. The Kier molecular flexibility index (Phi) is 3.72. The van der Waals surface area contributed by atoms with E-state index in [4.69, 9.17) is 9.52 Å². The summed E-state index contributed by atoms with van der Waals surface area (Å²) < 4.78 is 6.49. The predicted octanol–water partition coefficient (Wildman–Crippen LogP) is 3.56. The van der Waals surface area contributed by atoms with Crippen LogP contribution in [0.5, 0.6) is 5.75 Å². The minimum atomic E-state index is 0.226. The second-order valence-corrected chi connectivity index (χ2v) is 4.83. The normalized spacial score (nSPS) is 11.1. The monoisotopic (exact) mass is 308 g/mol. The van der Waals surface area contributed by atoms with Crippen molar-refractivity contribution in [1.29, 1.82) is 0 Å². The summed E-state index contributed by atoms with van der Waals surface area (Å²) in [6.07, 6.45) is 1.64. The summed E-state index contributed by atoms with van der Waals surface area (Å²) in [6.45, 7) is 0. The summed E-state index contributed by atoms with van der Waals surface area (Å²) in [4.78, 5) is 6.14. The number of anilines is 1. The van der Waals surface area contributed by atoms with Crippen molar-refractivity contribution >= 4 is 33.7 Å². The first kappa shape index (κ1) is 12.7. The molecular formula is C13H13BrN2O2. The van der Waals surface area contributed by atoms with Gasteiger partial charge in [0.2, 0.25) is 5.88 Å². The van der Waals surface area contributed by atoms with Crippen LogP contribution in [0.1, 0.15) is 5.76 Å². The van der Waals surface area contributed by atoms with Crippen LogP contribution in [0.3, 0.4) is 0 Å². The van der Waals surface area contributed by atoms with Gasteiger partial charge in [-0.15, -0.1) is 0 Å². The maximum Gasteiger partial charge on any atom is 0.210 e. The molecule has 0 aliphatic rings. The number of benzene rings is 1. The van der Waals surface area contributed by atoms with Gasteiger partial charge in [-0.05, 0) is 40.2 Å². The fourth-order valence-corrected chi connectivity index (χ4v) is 2.08. The zero-order chi connectivity index (χ0) is 13.1.